The fourth-order valence-corrected chi connectivity index (χ4v) is 68.7. The molecule has 0 radical (unpaired) electrons. The highest BCUT2D eigenvalue weighted by Gasteiger charge is 2.57. The van der Waals surface area contributed by atoms with Gasteiger partial charge in [0.15, 0.2) is 83.2 Å². The molecule has 0 saturated heterocycles. The van der Waals surface area contributed by atoms with E-state index in [0.29, 0.717) is 6.04 Å². The maximum atomic E-state index is 7.83. The molecule has 0 bridgehead atoms. The Morgan fingerprint density at radius 2 is 0.630 bits per heavy atom. The lowest BCUT2D eigenvalue weighted by Crippen LogP contribution is -2.64. The van der Waals surface area contributed by atoms with Crippen LogP contribution in [0, 0.1) is 0 Å². The third-order valence-corrected chi connectivity index (χ3v) is 58.3. The molecule has 1 rings (SSSR count). The first-order valence-corrected chi connectivity index (χ1v) is 68.8. The molecule has 1 aromatic rings. The predicted molar refractivity (Wildman–Crippen MR) is 354 cm³/mol. The van der Waals surface area contributed by atoms with E-state index >= 15 is 0 Å². The van der Waals surface area contributed by atoms with Gasteiger partial charge in [0.05, 0.1) is 9.52 Å². The number of rotatable bonds is 37. The van der Waals surface area contributed by atoms with E-state index < -0.39 is 119 Å². The van der Waals surface area contributed by atoms with Crippen LogP contribution in [0.15, 0.2) is 24.3 Å². The van der Waals surface area contributed by atoms with Crippen molar-refractivity contribution in [2.75, 3.05) is 0 Å². The molecule has 1 unspecified atom stereocenters. The van der Waals surface area contributed by atoms with Gasteiger partial charge in [0.2, 0.25) is 0 Å². The van der Waals surface area contributed by atoms with Crippen LogP contribution in [-0.2, 0) is 54.3 Å². The average molecular weight is 1260 g/mol. The molecule has 1 aromatic carbocycles. The van der Waals surface area contributed by atoms with E-state index in [1.807, 2.05) is 0 Å². The molecule has 0 aliphatic heterocycles. The van der Waals surface area contributed by atoms with Crippen molar-refractivity contribution in [2.24, 2.45) is 0 Å². The first kappa shape index (κ1) is 72.9. The topological polar surface area (TPSA) is 92.3 Å². The molecule has 24 heteroatoms. The quantitative estimate of drug-likeness (QED) is 0.0600. The van der Waals surface area contributed by atoms with Gasteiger partial charge in [-0.1, -0.05) is 57.5 Å². The summed E-state index contributed by atoms with van der Waals surface area (Å²) in [5, 5.41) is -0.0536. The summed E-state index contributed by atoms with van der Waals surface area (Å²) < 4.78 is 75.0. The van der Waals surface area contributed by atoms with Crippen molar-refractivity contribution in [2.45, 2.75) is 277 Å². The molecule has 73 heavy (non-hydrogen) atoms. The van der Waals surface area contributed by atoms with E-state index in [4.69, 9.17) is 41.5 Å². The first-order chi connectivity index (χ1) is 32.3. The zero-order valence-corrected chi connectivity index (χ0v) is 68.0. The van der Waals surface area contributed by atoms with E-state index in [0.717, 1.165) is 61.9 Å². The van der Waals surface area contributed by atoms with E-state index in [1.54, 1.807) is 0 Å². The lowest BCUT2D eigenvalue weighted by molar-refractivity contribution is 0.156. The van der Waals surface area contributed by atoms with E-state index in [-0.39, 0.29) is 5.22 Å². The van der Waals surface area contributed by atoms with Crippen molar-refractivity contribution >= 4 is 119 Å². The van der Waals surface area contributed by atoms with Crippen LogP contribution in [0.25, 0.3) is 0 Å². The van der Waals surface area contributed by atoms with Crippen molar-refractivity contribution in [3.8, 4) is 0 Å². The monoisotopic (exact) mass is 1260 g/mol. The number of aryl methyl sites for hydroxylation is 2. The molecular formula is C49H120O10Si14. The molecular weight excluding hydrogens is 1140 g/mol. The second kappa shape index (κ2) is 27.8. The van der Waals surface area contributed by atoms with Crippen LogP contribution in [0.5, 0.6) is 0 Å². The fourth-order valence-electron chi connectivity index (χ4n) is 9.45. The van der Waals surface area contributed by atoms with Crippen LogP contribution < -0.4 is 0 Å². The summed E-state index contributed by atoms with van der Waals surface area (Å²) in [5.41, 5.74) is 2.85. The molecule has 0 heterocycles. The fraction of sp³-hybridized carbons (Fsp3) is 0.878. The summed E-state index contributed by atoms with van der Waals surface area (Å²) in [7, 11) is -32.6. The van der Waals surface area contributed by atoms with E-state index in [9.17, 15) is 0 Å². The summed E-state index contributed by atoms with van der Waals surface area (Å²) in [6.07, 6.45) is 4.35. The van der Waals surface area contributed by atoms with Gasteiger partial charge in [0.25, 0.3) is 0 Å². The third-order valence-electron chi connectivity index (χ3n) is 11.9. The van der Waals surface area contributed by atoms with Crippen molar-refractivity contribution in [3.63, 3.8) is 0 Å². The highest BCUT2D eigenvalue weighted by Crippen LogP contribution is 2.40. The van der Waals surface area contributed by atoms with Gasteiger partial charge in [0, 0.05) is 23.4 Å². The van der Waals surface area contributed by atoms with Crippen LogP contribution in [0.1, 0.15) is 51.7 Å². The Kier molecular flexibility index (Phi) is 27.7. The van der Waals surface area contributed by atoms with Gasteiger partial charge in [-0.25, -0.2) is 0 Å². The van der Waals surface area contributed by atoms with Crippen LogP contribution in [-0.4, -0.2) is 124 Å². The minimum absolute atomic E-state index is 0.0536. The summed E-state index contributed by atoms with van der Waals surface area (Å²) in [5.74, 6) is 0. The zero-order chi connectivity index (χ0) is 57.2. The second-order valence-corrected chi connectivity index (χ2v) is 87.1. The van der Waals surface area contributed by atoms with Crippen LogP contribution >= 0.6 is 0 Å². The molecule has 0 fully saturated rings. The van der Waals surface area contributed by atoms with Crippen LogP contribution in [0.4, 0.5) is 0 Å². The Morgan fingerprint density at radius 1 is 0.356 bits per heavy atom. The Bertz CT molecular complexity index is 1730. The average Bonchev–Trinajstić information content (AvgIpc) is 3.11. The largest absolute Gasteiger partial charge is 0.469 e. The highest BCUT2D eigenvalue weighted by molar-refractivity contribution is 6.94. The van der Waals surface area contributed by atoms with Gasteiger partial charge in [0.1, 0.15) is 0 Å². The zero-order valence-electron chi connectivity index (χ0n) is 53.6. The lowest BCUT2D eigenvalue weighted by Gasteiger charge is -2.47. The number of hydrogen-bond donors (Lipinski definition) is 0. The summed E-state index contributed by atoms with van der Waals surface area (Å²) >= 11 is 0. The van der Waals surface area contributed by atoms with Crippen LogP contribution in [0.3, 0.4) is 0 Å². The molecule has 0 saturated carbocycles. The maximum Gasteiger partial charge on any atom is 0.469 e. The van der Waals surface area contributed by atoms with E-state index in [1.165, 1.54) is 17.2 Å². The minimum atomic E-state index is -3.35. The van der Waals surface area contributed by atoms with Crippen LogP contribution in [0.2, 0.25) is 219 Å². The molecule has 0 aromatic heterocycles. The normalized spacial score (nSPS) is 16.0. The van der Waals surface area contributed by atoms with Gasteiger partial charge in [-0.05, 0) is 232 Å². The molecule has 0 spiro atoms. The summed E-state index contributed by atoms with van der Waals surface area (Å²) in [4.78, 5) is 0. The predicted octanol–water partition coefficient (Wildman–Crippen LogP) is 16.7. The van der Waals surface area contributed by atoms with Gasteiger partial charge >= 0.3 is 26.4 Å². The molecule has 0 aliphatic carbocycles. The molecule has 432 valence electrons. The maximum absolute atomic E-state index is 7.83. The molecule has 0 amide bonds. The smallest absolute Gasteiger partial charge is 0.417 e. The molecule has 0 N–H and O–H groups in total. The molecule has 1 atom stereocenters. The highest BCUT2D eigenvalue weighted by atomic mass is 28.5. The Balaban J connectivity index is 3.80. The standard InChI is InChI=1S/C49H120O10Si14/c1-31-40-68(25,26)57-72(53-63(11,12)13,54-64(14,15)16)45-42-70(29,30)59-73(55-65(17,18)19,56-66(20,21)22)46-43-69(27,28)58-71(51-61(5,6)7,52-62(8,9)10)44-41-67(23,24)50-49(4,33-3)60-39-38-48-36-34-47(32-2)35-37-48/h34-37H,31-33,38-46,60H2,1-30H3. The van der Waals surface area contributed by atoms with Crippen molar-refractivity contribution < 1.29 is 41.5 Å². The molecule has 0 aliphatic rings. The Hall–Kier alpha value is 1.86. The van der Waals surface area contributed by atoms with Gasteiger partial charge in [-0.15, -0.1) is 0 Å². The van der Waals surface area contributed by atoms with Gasteiger partial charge in [-0.2, -0.15) is 0 Å². The summed E-state index contributed by atoms with van der Waals surface area (Å²) in [6, 6.07) is 16.4. The van der Waals surface area contributed by atoms with Crippen molar-refractivity contribution in [3.05, 3.63) is 35.4 Å². The van der Waals surface area contributed by atoms with Gasteiger partial charge in [-0.3, -0.25) is 0 Å². The van der Waals surface area contributed by atoms with E-state index in [2.05, 4.69) is 222 Å². The lowest BCUT2D eigenvalue weighted by atomic mass is 10.1. The SMILES string of the molecule is CCC[Si](C)(C)O[Si](CC[Si](C)(C)O[Si](CC[Si](C)(C)O[Si](CC[Si](C)(C)OC(C)(CC)[SiH2]CCc1ccc(CC)cc1)(O[Si](C)(C)C)O[Si](C)(C)C)(O[Si](C)(C)C)O[Si](C)(C)C)(O[Si](C)(C)C)O[Si](C)(C)C. The number of hydrogen-bond acceptors (Lipinski definition) is 10. The third kappa shape index (κ3) is 32.2. The van der Waals surface area contributed by atoms with Crippen molar-refractivity contribution in [1.82, 2.24) is 0 Å². The minimum Gasteiger partial charge on any atom is -0.417 e. The second-order valence-electron chi connectivity index (χ2n) is 29.9. The number of benzene rings is 1. The van der Waals surface area contributed by atoms with Crippen molar-refractivity contribution in [1.29, 1.82) is 0 Å². The Labute approximate surface area is 469 Å². The molecule has 10 nitrogen and oxygen atoms in total. The first-order valence-electron chi connectivity index (χ1n) is 28.4. The van der Waals surface area contributed by atoms with Gasteiger partial charge < -0.3 is 41.5 Å². The Morgan fingerprint density at radius 3 is 0.890 bits per heavy atom. The summed E-state index contributed by atoms with van der Waals surface area (Å²) in [6.45, 7) is 69.6.